The van der Waals surface area contributed by atoms with Gasteiger partial charge >= 0.3 is 0 Å². The van der Waals surface area contributed by atoms with E-state index in [2.05, 4.69) is 20.5 Å². The van der Waals surface area contributed by atoms with Crippen LogP contribution >= 0.6 is 0 Å². The molecule has 2 amide bonds. The lowest BCUT2D eigenvalue weighted by Crippen LogP contribution is -2.36. The zero-order valence-electron chi connectivity index (χ0n) is 20.6. The summed E-state index contributed by atoms with van der Waals surface area (Å²) < 4.78 is 12.3. The molecule has 0 spiro atoms. The molecule has 36 heavy (non-hydrogen) atoms. The van der Waals surface area contributed by atoms with Gasteiger partial charge in [-0.05, 0) is 48.7 Å². The largest absolute Gasteiger partial charge is 0.496 e. The maximum absolute atomic E-state index is 13.3. The number of hydrogen-bond acceptors (Lipinski definition) is 8. The Morgan fingerprint density at radius 3 is 2.81 bits per heavy atom. The van der Waals surface area contributed by atoms with E-state index in [-0.39, 0.29) is 24.5 Å². The van der Waals surface area contributed by atoms with E-state index >= 15 is 0 Å². The summed E-state index contributed by atoms with van der Waals surface area (Å²) >= 11 is 0. The molecule has 0 saturated heterocycles. The molecule has 0 aliphatic carbocycles. The average Bonchev–Trinajstić information content (AvgIpc) is 3.40. The van der Waals surface area contributed by atoms with Crippen molar-refractivity contribution in [1.82, 2.24) is 24.6 Å². The van der Waals surface area contributed by atoms with Crippen LogP contribution < -0.4 is 10.1 Å². The first-order chi connectivity index (χ1) is 17.4. The van der Waals surface area contributed by atoms with Crippen LogP contribution in [0.15, 0.2) is 36.7 Å². The molecule has 1 atom stereocenters. The molecule has 1 aromatic carbocycles. The van der Waals surface area contributed by atoms with Gasteiger partial charge in [0.1, 0.15) is 23.6 Å². The van der Waals surface area contributed by atoms with Crippen LogP contribution in [-0.4, -0.2) is 75.5 Å². The van der Waals surface area contributed by atoms with E-state index in [1.54, 1.807) is 40.8 Å². The van der Waals surface area contributed by atoms with Crippen LogP contribution in [0.5, 0.6) is 5.75 Å². The van der Waals surface area contributed by atoms with E-state index in [1.807, 2.05) is 13.0 Å². The number of rotatable bonds is 9. The third-order valence-electron chi connectivity index (χ3n) is 6.18. The van der Waals surface area contributed by atoms with Crippen molar-refractivity contribution in [2.45, 2.75) is 32.4 Å². The maximum Gasteiger partial charge on any atom is 0.260 e. The minimum Gasteiger partial charge on any atom is -0.496 e. The maximum atomic E-state index is 13.3. The fraction of sp³-hybridized carbons (Fsp3) is 0.400. The van der Waals surface area contributed by atoms with Gasteiger partial charge in [0.05, 0.1) is 38.3 Å². The molecule has 0 fully saturated rings. The van der Waals surface area contributed by atoms with Gasteiger partial charge in [0.2, 0.25) is 5.91 Å². The van der Waals surface area contributed by atoms with Crippen LogP contribution in [-0.2, 0) is 22.5 Å². The van der Waals surface area contributed by atoms with Gasteiger partial charge in [0.25, 0.3) is 5.91 Å². The fourth-order valence-electron chi connectivity index (χ4n) is 4.14. The first-order valence-corrected chi connectivity index (χ1v) is 11.7. The molecular formula is C25H30N6O5. The number of amides is 2. The standard InChI is InChI=1S/C25H30N6O5/c1-16(14-32)31-15-26-29-24(31)20-5-4-6-22(27-20)28-25(34)19-11-18-13-30(23(33)8-10-35-2)9-7-17(18)12-21(19)36-3/h4-6,11-12,15-16,32H,7-10,13-14H2,1-3H3,(H,27,28,34)/t16-/m1/s1. The Balaban J connectivity index is 1.56. The lowest BCUT2D eigenvalue weighted by atomic mass is 9.96. The Bertz CT molecular complexity index is 1240. The van der Waals surface area contributed by atoms with E-state index < -0.39 is 0 Å². The molecule has 2 N–H and O–H groups in total. The second-order valence-corrected chi connectivity index (χ2v) is 8.58. The normalized spacial score (nSPS) is 13.7. The van der Waals surface area contributed by atoms with Crippen molar-refractivity contribution < 1.29 is 24.2 Å². The van der Waals surface area contributed by atoms with Crippen LogP contribution in [0.25, 0.3) is 11.5 Å². The summed E-state index contributed by atoms with van der Waals surface area (Å²) in [7, 11) is 3.09. The van der Waals surface area contributed by atoms with Crippen LogP contribution in [0.1, 0.15) is 40.9 Å². The topological polar surface area (TPSA) is 132 Å². The van der Waals surface area contributed by atoms with Crippen LogP contribution in [0.3, 0.4) is 0 Å². The van der Waals surface area contributed by atoms with Gasteiger partial charge < -0.3 is 29.4 Å². The van der Waals surface area contributed by atoms with Gasteiger partial charge in [-0.25, -0.2) is 4.98 Å². The number of carbonyl (C=O) groups is 2. The molecule has 190 valence electrons. The molecule has 1 aliphatic heterocycles. The molecule has 11 heteroatoms. The third-order valence-corrected chi connectivity index (χ3v) is 6.18. The van der Waals surface area contributed by atoms with Crippen molar-refractivity contribution >= 4 is 17.6 Å². The van der Waals surface area contributed by atoms with E-state index in [4.69, 9.17) is 9.47 Å². The summed E-state index contributed by atoms with van der Waals surface area (Å²) in [6.07, 6.45) is 2.54. The van der Waals surface area contributed by atoms with Crippen LogP contribution in [0.4, 0.5) is 5.82 Å². The minimum atomic E-state index is -0.382. The Kier molecular flexibility index (Phi) is 7.91. The highest BCUT2D eigenvalue weighted by atomic mass is 16.5. The highest BCUT2D eigenvalue weighted by molar-refractivity contribution is 6.06. The summed E-state index contributed by atoms with van der Waals surface area (Å²) in [6.45, 7) is 3.18. The smallest absolute Gasteiger partial charge is 0.260 e. The van der Waals surface area contributed by atoms with Crippen molar-refractivity contribution in [3.05, 3.63) is 53.3 Å². The SMILES string of the molecule is COCCC(=O)N1CCc2cc(OC)c(C(=O)Nc3cccc(-c4nncn4[C@H](C)CO)n3)cc2C1. The molecule has 3 heterocycles. The number of hydrogen-bond donors (Lipinski definition) is 2. The van der Waals surface area contributed by atoms with E-state index in [1.165, 1.54) is 13.4 Å². The van der Waals surface area contributed by atoms with E-state index in [9.17, 15) is 14.7 Å². The number of aliphatic hydroxyl groups excluding tert-OH is 1. The molecule has 0 unspecified atom stereocenters. The first kappa shape index (κ1) is 25.3. The van der Waals surface area contributed by atoms with Crippen LogP contribution in [0.2, 0.25) is 0 Å². The predicted molar refractivity (Wildman–Crippen MR) is 132 cm³/mol. The van der Waals surface area contributed by atoms with Crippen molar-refractivity contribution in [3.63, 3.8) is 0 Å². The van der Waals surface area contributed by atoms with Crippen molar-refractivity contribution in [2.75, 3.05) is 39.3 Å². The monoisotopic (exact) mass is 494 g/mol. The highest BCUT2D eigenvalue weighted by Crippen LogP contribution is 2.29. The summed E-state index contributed by atoms with van der Waals surface area (Å²) in [5.41, 5.74) is 2.82. The molecule has 3 aromatic rings. The molecule has 0 saturated carbocycles. The Morgan fingerprint density at radius 2 is 2.06 bits per heavy atom. The van der Waals surface area contributed by atoms with Crippen molar-refractivity contribution in [3.8, 4) is 17.3 Å². The number of fused-ring (bicyclic) bond motifs is 1. The predicted octanol–water partition coefficient (Wildman–Crippen LogP) is 2.08. The molecule has 1 aliphatic rings. The summed E-state index contributed by atoms with van der Waals surface area (Å²) in [6, 6.07) is 8.62. The van der Waals surface area contributed by atoms with Crippen LogP contribution in [0, 0.1) is 0 Å². The number of carbonyl (C=O) groups excluding carboxylic acids is 2. The van der Waals surface area contributed by atoms with Crippen molar-refractivity contribution in [2.24, 2.45) is 0 Å². The second kappa shape index (κ2) is 11.3. The molecule has 11 nitrogen and oxygen atoms in total. The Morgan fingerprint density at radius 1 is 1.22 bits per heavy atom. The number of nitrogens with zero attached hydrogens (tertiary/aromatic N) is 5. The van der Waals surface area contributed by atoms with Gasteiger partial charge in [0.15, 0.2) is 5.82 Å². The van der Waals surface area contributed by atoms with Gasteiger partial charge in [-0.3, -0.25) is 9.59 Å². The molecule has 0 bridgehead atoms. The van der Waals surface area contributed by atoms with Gasteiger partial charge in [-0.1, -0.05) is 6.07 Å². The highest BCUT2D eigenvalue weighted by Gasteiger charge is 2.24. The van der Waals surface area contributed by atoms with Gasteiger partial charge in [-0.2, -0.15) is 0 Å². The average molecular weight is 495 g/mol. The van der Waals surface area contributed by atoms with E-state index in [0.29, 0.717) is 61.2 Å². The quantitative estimate of drug-likeness (QED) is 0.462. The molecular weight excluding hydrogens is 464 g/mol. The number of aromatic nitrogens is 4. The Hall–Kier alpha value is -3.83. The van der Waals surface area contributed by atoms with Gasteiger partial charge in [-0.15, -0.1) is 10.2 Å². The summed E-state index contributed by atoms with van der Waals surface area (Å²) in [5.74, 6) is 0.913. The minimum absolute atomic E-state index is 0.0219. The molecule has 2 aromatic heterocycles. The summed E-state index contributed by atoms with van der Waals surface area (Å²) in [5, 5.41) is 20.4. The lowest BCUT2D eigenvalue weighted by Gasteiger charge is -2.29. The Labute approximate surface area is 209 Å². The number of benzene rings is 1. The zero-order chi connectivity index (χ0) is 25.7. The summed E-state index contributed by atoms with van der Waals surface area (Å²) in [4.78, 5) is 32.0. The number of methoxy groups -OCH3 is 2. The van der Waals surface area contributed by atoms with Crippen molar-refractivity contribution in [1.29, 1.82) is 0 Å². The molecule has 0 radical (unpaired) electrons. The second-order valence-electron chi connectivity index (χ2n) is 8.58. The van der Waals surface area contributed by atoms with Gasteiger partial charge in [0, 0.05) is 20.2 Å². The van der Waals surface area contributed by atoms with E-state index in [0.717, 1.165) is 11.1 Å². The number of pyridine rings is 1. The number of nitrogens with one attached hydrogen (secondary N) is 1. The number of anilines is 1. The first-order valence-electron chi connectivity index (χ1n) is 11.7. The lowest BCUT2D eigenvalue weighted by molar-refractivity contribution is -0.133. The number of ether oxygens (including phenoxy) is 2. The third kappa shape index (κ3) is 5.37. The molecule has 4 rings (SSSR count). The fourth-order valence-corrected chi connectivity index (χ4v) is 4.14. The number of aliphatic hydroxyl groups is 1. The zero-order valence-corrected chi connectivity index (χ0v) is 20.6.